The summed E-state index contributed by atoms with van der Waals surface area (Å²) in [4.78, 5) is 5.33. The number of ether oxygens (including phenoxy) is 1. The van der Waals surface area contributed by atoms with Crippen LogP contribution in [0.3, 0.4) is 0 Å². The summed E-state index contributed by atoms with van der Waals surface area (Å²) < 4.78 is 8.61. The first-order chi connectivity index (χ1) is 21.2. The molecular formula is C39H27N3O. The van der Waals surface area contributed by atoms with Crippen LogP contribution >= 0.6 is 0 Å². The van der Waals surface area contributed by atoms with Crippen molar-refractivity contribution in [2.24, 2.45) is 0 Å². The van der Waals surface area contributed by atoms with Crippen LogP contribution in [-0.4, -0.2) is 9.55 Å². The molecule has 6 aromatic carbocycles. The molecule has 0 aliphatic carbocycles. The predicted molar refractivity (Wildman–Crippen MR) is 173 cm³/mol. The molecule has 0 bridgehead atoms. The number of hydrogen-bond acceptors (Lipinski definition) is 3. The van der Waals surface area contributed by atoms with Gasteiger partial charge in [0.05, 0.1) is 29.3 Å². The minimum atomic E-state index is 0.372. The lowest BCUT2D eigenvalue weighted by molar-refractivity contribution is 0.0675. The quantitative estimate of drug-likeness (QED) is 0.219. The van der Waals surface area contributed by atoms with Gasteiger partial charge in [-0.15, -0.1) is 0 Å². The second-order valence-electron chi connectivity index (χ2n) is 11.1. The number of nitrogens with zero attached hydrogens (tertiary/aromatic N) is 3. The highest BCUT2D eigenvalue weighted by Gasteiger charge is 2.25. The van der Waals surface area contributed by atoms with Gasteiger partial charge in [0, 0.05) is 21.9 Å². The van der Waals surface area contributed by atoms with Crippen LogP contribution < -0.4 is 0 Å². The summed E-state index contributed by atoms with van der Waals surface area (Å²) >= 11 is 0. The highest BCUT2D eigenvalue weighted by atomic mass is 16.5. The van der Waals surface area contributed by atoms with Crippen molar-refractivity contribution in [3.8, 4) is 50.8 Å². The second-order valence-corrected chi connectivity index (χ2v) is 11.1. The van der Waals surface area contributed by atoms with E-state index >= 15 is 0 Å². The Morgan fingerprint density at radius 1 is 0.674 bits per heavy atom. The number of rotatable bonds is 3. The molecule has 43 heavy (non-hydrogen) atoms. The van der Waals surface area contributed by atoms with Crippen molar-refractivity contribution in [2.75, 3.05) is 0 Å². The van der Waals surface area contributed by atoms with Crippen LogP contribution in [0, 0.1) is 18.3 Å². The van der Waals surface area contributed by atoms with Crippen molar-refractivity contribution in [1.29, 1.82) is 5.26 Å². The van der Waals surface area contributed by atoms with E-state index in [1.165, 1.54) is 5.56 Å². The van der Waals surface area contributed by atoms with Gasteiger partial charge in [-0.05, 0) is 70.1 Å². The van der Waals surface area contributed by atoms with Gasteiger partial charge in [-0.2, -0.15) is 5.26 Å². The van der Waals surface area contributed by atoms with E-state index in [-0.39, 0.29) is 0 Å². The fraction of sp³-hybridized carbons (Fsp3) is 0.0769. The fourth-order valence-corrected chi connectivity index (χ4v) is 6.55. The van der Waals surface area contributed by atoms with Gasteiger partial charge < -0.3 is 4.74 Å². The molecule has 4 heteroatoms. The lowest BCUT2D eigenvalue weighted by atomic mass is 9.88. The van der Waals surface area contributed by atoms with E-state index in [4.69, 9.17) is 9.72 Å². The van der Waals surface area contributed by atoms with E-state index < -0.39 is 0 Å². The molecule has 0 spiro atoms. The molecule has 0 saturated carbocycles. The third kappa shape index (κ3) is 4.06. The van der Waals surface area contributed by atoms with Crippen LogP contribution in [0.1, 0.15) is 16.7 Å². The van der Waals surface area contributed by atoms with Crippen LogP contribution in [0.15, 0.2) is 121 Å². The lowest BCUT2D eigenvalue weighted by Crippen LogP contribution is -2.09. The molecule has 0 fully saturated rings. The molecule has 0 amide bonds. The maximum atomic E-state index is 10.3. The van der Waals surface area contributed by atoms with Gasteiger partial charge >= 0.3 is 0 Å². The molecule has 4 nitrogen and oxygen atoms in total. The highest BCUT2D eigenvalue weighted by Crippen LogP contribution is 2.43. The Bertz CT molecular complexity index is 2220. The minimum Gasteiger partial charge on any atom is -0.356 e. The van der Waals surface area contributed by atoms with Crippen molar-refractivity contribution < 1.29 is 4.74 Å². The van der Waals surface area contributed by atoms with Crippen LogP contribution in [0.25, 0.3) is 66.6 Å². The molecule has 0 saturated heterocycles. The molecule has 2 heterocycles. The number of aromatic nitrogens is 2. The smallest absolute Gasteiger partial charge is 0.143 e. The Morgan fingerprint density at radius 3 is 2.16 bits per heavy atom. The topological polar surface area (TPSA) is 50.8 Å². The first-order valence-electron chi connectivity index (χ1n) is 14.5. The van der Waals surface area contributed by atoms with E-state index in [2.05, 4.69) is 121 Å². The van der Waals surface area contributed by atoms with Gasteiger partial charge in [0.1, 0.15) is 12.6 Å². The predicted octanol–water partition coefficient (Wildman–Crippen LogP) is 9.53. The molecule has 0 radical (unpaired) electrons. The summed E-state index contributed by atoms with van der Waals surface area (Å²) in [5.74, 6) is 0.842. The number of benzene rings is 6. The molecule has 1 aliphatic rings. The number of nitriles is 1. The van der Waals surface area contributed by atoms with Crippen molar-refractivity contribution in [3.05, 3.63) is 138 Å². The molecule has 7 aromatic rings. The molecular weight excluding hydrogens is 526 g/mol. The summed E-state index contributed by atoms with van der Waals surface area (Å²) in [5, 5.41) is 12.3. The van der Waals surface area contributed by atoms with Crippen LogP contribution in [0.5, 0.6) is 0 Å². The van der Waals surface area contributed by atoms with E-state index in [0.29, 0.717) is 18.9 Å². The van der Waals surface area contributed by atoms with E-state index in [9.17, 15) is 5.26 Å². The first kappa shape index (κ1) is 25.2. The van der Waals surface area contributed by atoms with Gasteiger partial charge in [-0.1, -0.05) is 97.1 Å². The van der Waals surface area contributed by atoms with Crippen molar-refractivity contribution >= 4 is 21.8 Å². The Balaban J connectivity index is 1.47. The van der Waals surface area contributed by atoms with Crippen LogP contribution in [0.2, 0.25) is 0 Å². The number of imidazole rings is 1. The van der Waals surface area contributed by atoms with Gasteiger partial charge in [0.25, 0.3) is 0 Å². The molecule has 204 valence electrons. The zero-order valence-electron chi connectivity index (χ0n) is 23.7. The van der Waals surface area contributed by atoms with Gasteiger partial charge in [-0.25, -0.2) is 4.98 Å². The highest BCUT2D eigenvalue weighted by molar-refractivity contribution is 6.10. The maximum Gasteiger partial charge on any atom is 0.143 e. The summed E-state index contributed by atoms with van der Waals surface area (Å²) in [6.07, 6.45) is 0. The third-order valence-corrected chi connectivity index (χ3v) is 8.56. The van der Waals surface area contributed by atoms with Crippen molar-refractivity contribution in [3.63, 3.8) is 0 Å². The zero-order valence-corrected chi connectivity index (χ0v) is 23.7. The van der Waals surface area contributed by atoms with Gasteiger partial charge in [0.15, 0.2) is 0 Å². The Hall–Kier alpha value is -5.50. The Morgan fingerprint density at radius 2 is 1.40 bits per heavy atom. The number of aryl methyl sites for hydroxylation is 1. The van der Waals surface area contributed by atoms with E-state index in [0.717, 1.165) is 72.1 Å². The Labute approximate surface area is 250 Å². The second kappa shape index (κ2) is 10.1. The summed E-state index contributed by atoms with van der Waals surface area (Å²) in [5.41, 5.74) is 12.5. The molecule has 0 unspecified atom stereocenters. The number of fused-ring (bicyclic) bond motifs is 4. The summed E-state index contributed by atoms with van der Waals surface area (Å²) in [7, 11) is 0. The van der Waals surface area contributed by atoms with Gasteiger partial charge in [0.2, 0.25) is 0 Å². The van der Waals surface area contributed by atoms with Crippen molar-refractivity contribution in [2.45, 2.75) is 20.3 Å². The normalized spacial score (nSPS) is 12.5. The van der Waals surface area contributed by atoms with Crippen LogP contribution in [0.4, 0.5) is 0 Å². The summed E-state index contributed by atoms with van der Waals surface area (Å²) in [6, 6.07) is 44.5. The first-order valence-corrected chi connectivity index (χ1v) is 14.5. The maximum absolute atomic E-state index is 10.3. The van der Waals surface area contributed by atoms with Crippen molar-refractivity contribution in [1.82, 2.24) is 9.55 Å². The monoisotopic (exact) mass is 553 g/mol. The molecule has 0 atom stereocenters. The SMILES string of the molecule is Cc1ccccc1-c1ccc2c3c(ccc(C#N)c13)-c1nc3cc(-c4ccccc4)cc(-c4ccccc4)c3n1COC2. The lowest BCUT2D eigenvalue weighted by Gasteiger charge is -2.21. The minimum absolute atomic E-state index is 0.372. The molecule has 0 N–H and O–H groups in total. The van der Waals surface area contributed by atoms with E-state index in [1.54, 1.807) is 0 Å². The molecule has 1 aromatic heterocycles. The van der Waals surface area contributed by atoms with Gasteiger partial charge in [-0.3, -0.25) is 4.57 Å². The zero-order chi connectivity index (χ0) is 28.9. The largest absolute Gasteiger partial charge is 0.356 e. The third-order valence-electron chi connectivity index (χ3n) is 8.56. The number of hydrogen-bond donors (Lipinski definition) is 0. The standard InChI is InChI=1S/C39H27N3O/c1-25-10-8-9-15-31(25)32-18-17-29-23-43-24-42-38-34(27-13-6-3-7-14-27)20-30(26-11-4-2-5-12-26)21-35(38)41-39(42)33-19-16-28(22-40)36(32)37(29)33/h2-21H,23-24H2,1H3. The summed E-state index contributed by atoms with van der Waals surface area (Å²) in [6.45, 7) is 2.93. The van der Waals surface area contributed by atoms with Crippen LogP contribution in [-0.2, 0) is 18.1 Å². The average Bonchev–Trinajstić information content (AvgIpc) is 3.41. The molecule has 8 rings (SSSR count). The fourth-order valence-electron chi connectivity index (χ4n) is 6.55. The van der Waals surface area contributed by atoms with E-state index in [1.807, 2.05) is 18.2 Å². The Kier molecular flexibility index (Phi) is 5.92. The molecule has 1 aliphatic heterocycles. The average molecular weight is 554 g/mol.